The van der Waals surface area contributed by atoms with Crippen LogP contribution in [-0.4, -0.2) is 20.3 Å². The van der Waals surface area contributed by atoms with Crippen molar-refractivity contribution in [2.75, 3.05) is 0 Å². The molecule has 0 saturated carbocycles. The number of thioether (sulfide) groups is 1. The number of hydrogen-bond donors (Lipinski definition) is 0. The highest BCUT2D eigenvalue weighted by molar-refractivity contribution is 7.98. The Morgan fingerprint density at radius 3 is 2.57 bits per heavy atom. The lowest BCUT2D eigenvalue weighted by molar-refractivity contribution is 0.391. The van der Waals surface area contributed by atoms with Crippen LogP contribution in [0.25, 0.3) is 22.8 Å². The summed E-state index contributed by atoms with van der Waals surface area (Å²) in [6.45, 7) is 4.29. The molecule has 0 atom stereocenters. The Bertz CT molecular complexity index is 1080. The number of benzene rings is 2. The van der Waals surface area contributed by atoms with Gasteiger partial charge in [-0.2, -0.15) is 4.98 Å². The van der Waals surface area contributed by atoms with Crippen molar-refractivity contribution in [3.05, 3.63) is 65.8 Å². The highest BCUT2D eigenvalue weighted by Gasteiger charge is 2.15. The summed E-state index contributed by atoms with van der Waals surface area (Å²) in [5.41, 5.74) is 2.42. The zero-order chi connectivity index (χ0) is 19.5. The van der Waals surface area contributed by atoms with Gasteiger partial charge >= 0.3 is 0 Å². The van der Waals surface area contributed by atoms with Crippen LogP contribution in [0.1, 0.15) is 31.2 Å². The first-order valence-electron chi connectivity index (χ1n) is 8.74. The zero-order valence-electron chi connectivity index (χ0n) is 15.3. The van der Waals surface area contributed by atoms with Crippen molar-refractivity contribution in [1.29, 1.82) is 0 Å². The topological polar surface area (TPSA) is 77.8 Å². The van der Waals surface area contributed by atoms with Gasteiger partial charge in [0.05, 0.1) is 11.3 Å². The van der Waals surface area contributed by atoms with Crippen LogP contribution in [0.2, 0.25) is 0 Å². The van der Waals surface area contributed by atoms with Crippen LogP contribution < -0.4 is 0 Å². The van der Waals surface area contributed by atoms with Crippen LogP contribution in [0.15, 0.2) is 62.7 Å². The molecular formula is C20H17FN4O2S. The summed E-state index contributed by atoms with van der Waals surface area (Å²) in [6.07, 6.45) is 0. The fraction of sp³-hybridized carbons (Fsp3) is 0.200. The number of halogens is 1. The largest absolute Gasteiger partial charge is 0.411 e. The molecule has 0 bridgehead atoms. The average molecular weight is 396 g/mol. The second-order valence-electron chi connectivity index (χ2n) is 6.43. The summed E-state index contributed by atoms with van der Waals surface area (Å²) in [6, 6.07) is 14.3. The highest BCUT2D eigenvalue weighted by Crippen LogP contribution is 2.27. The summed E-state index contributed by atoms with van der Waals surface area (Å²) >= 11 is 1.25. The van der Waals surface area contributed by atoms with Gasteiger partial charge in [-0.1, -0.05) is 67.2 Å². The number of hydrogen-bond acceptors (Lipinski definition) is 7. The third kappa shape index (κ3) is 3.96. The summed E-state index contributed by atoms with van der Waals surface area (Å²) in [5, 5.41) is 12.1. The minimum absolute atomic E-state index is 0.136. The molecule has 0 spiro atoms. The van der Waals surface area contributed by atoms with Crippen LogP contribution in [0.3, 0.4) is 0 Å². The van der Waals surface area contributed by atoms with Crippen molar-refractivity contribution < 1.29 is 13.3 Å². The average Bonchev–Trinajstić information content (AvgIpc) is 3.36. The molecule has 2 heterocycles. The molecular weight excluding hydrogens is 379 g/mol. The Kier molecular flexibility index (Phi) is 5.21. The smallest absolute Gasteiger partial charge is 0.277 e. The molecule has 0 aliphatic rings. The van der Waals surface area contributed by atoms with E-state index >= 15 is 0 Å². The van der Waals surface area contributed by atoms with E-state index in [-0.39, 0.29) is 11.5 Å². The van der Waals surface area contributed by atoms with Gasteiger partial charge in [-0.15, -0.1) is 10.2 Å². The SMILES string of the molecule is CC(C)c1ccc(-c2noc(CSc3nnc(-c4ccccc4F)o3)n2)cc1. The second-order valence-corrected chi connectivity index (χ2v) is 7.36. The highest BCUT2D eigenvalue weighted by atomic mass is 32.2. The molecule has 0 aliphatic carbocycles. The Morgan fingerprint density at radius 2 is 1.82 bits per heavy atom. The second kappa shape index (κ2) is 7.93. The van der Waals surface area contributed by atoms with Crippen molar-refractivity contribution in [2.45, 2.75) is 30.7 Å². The molecule has 28 heavy (non-hydrogen) atoms. The summed E-state index contributed by atoms with van der Waals surface area (Å²) in [7, 11) is 0. The van der Waals surface area contributed by atoms with E-state index in [4.69, 9.17) is 8.94 Å². The number of aromatic nitrogens is 4. The van der Waals surface area contributed by atoms with Gasteiger partial charge in [0.1, 0.15) is 5.82 Å². The van der Waals surface area contributed by atoms with Crippen molar-refractivity contribution in [1.82, 2.24) is 20.3 Å². The fourth-order valence-electron chi connectivity index (χ4n) is 2.58. The van der Waals surface area contributed by atoms with Gasteiger partial charge in [0, 0.05) is 5.56 Å². The van der Waals surface area contributed by atoms with Crippen molar-refractivity contribution >= 4 is 11.8 Å². The molecule has 8 heteroatoms. The summed E-state index contributed by atoms with van der Waals surface area (Å²) in [5.74, 6) is 1.54. The van der Waals surface area contributed by atoms with Gasteiger partial charge in [-0.3, -0.25) is 0 Å². The monoisotopic (exact) mass is 396 g/mol. The molecule has 4 rings (SSSR count). The quantitative estimate of drug-likeness (QED) is 0.407. The Labute approximate surface area is 165 Å². The molecule has 0 amide bonds. The first-order chi connectivity index (χ1) is 13.6. The Balaban J connectivity index is 1.42. The molecule has 142 valence electrons. The van der Waals surface area contributed by atoms with Gasteiger partial charge in [-0.05, 0) is 23.6 Å². The van der Waals surface area contributed by atoms with E-state index in [9.17, 15) is 4.39 Å². The lowest BCUT2D eigenvalue weighted by Crippen LogP contribution is -1.88. The van der Waals surface area contributed by atoms with E-state index < -0.39 is 5.82 Å². The third-order valence-electron chi connectivity index (χ3n) is 4.13. The number of nitrogens with zero attached hydrogens (tertiary/aromatic N) is 4. The third-order valence-corrected chi connectivity index (χ3v) is 4.94. The summed E-state index contributed by atoms with van der Waals surface area (Å²) < 4.78 is 24.6. The van der Waals surface area contributed by atoms with Crippen LogP contribution in [0.5, 0.6) is 0 Å². The lowest BCUT2D eigenvalue weighted by Gasteiger charge is -2.04. The van der Waals surface area contributed by atoms with Crippen molar-refractivity contribution in [2.24, 2.45) is 0 Å². The molecule has 4 aromatic rings. The molecule has 0 radical (unpaired) electrons. The van der Waals surface area contributed by atoms with Crippen LogP contribution in [-0.2, 0) is 5.75 Å². The van der Waals surface area contributed by atoms with Crippen molar-refractivity contribution in [3.63, 3.8) is 0 Å². The van der Waals surface area contributed by atoms with E-state index in [1.165, 1.54) is 23.4 Å². The van der Waals surface area contributed by atoms with Gasteiger partial charge in [-0.25, -0.2) is 4.39 Å². The molecule has 6 nitrogen and oxygen atoms in total. The van der Waals surface area contributed by atoms with E-state index in [0.29, 0.717) is 28.6 Å². The van der Waals surface area contributed by atoms with E-state index in [0.717, 1.165) is 5.56 Å². The first-order valence-corrected chi connectivity index (χ1v) is 9.73. The van der Waals surface area contributed by atoms with Crippen LogP contribution in [0, 0.1) is 5.82 Å². The molecule has 0 saturated heterocycles. The maximum Gasteiger partial charge on any atom is 0.277 e. The maximum atomic E-state index is 13.8. The van der Waals surface area contributed by atoms with E-state index in [2.05, 4.69) is 46.3 Å². The standard InChI is InChI=1S/C20H17FN4O2S/c1-12(2)13-7-9-14(10-8-13)18-22-17(27-25-18)11-28-20-24-23-19(26-20)15-5-3-4-6-16(15)21/h3-10,12H,11H2,1-2H3. The van der Waals surface area contributed by atoms with Gasteiger partial charge in [0.25, 0.3) is 11.1 Å². The van der Waals surface area contributed by atoms with Gasteiger partial charge in [0.2, 0.25) is 11.7 Å². The minimum atomic E-state index is -0.410. The van der Waals surface area contributed by atoms with E-state index in [1.54, 1.807) is 18.2 Å². The van der Waals surface area contributed by atoms with Crippen LogP contribution in [0.4, 0.5) is 4.39 Å². The minimum Gasteiger partial charge on any atom is -0.411 e. The molecule has 0 fully saturated rings. The lowest BCUT2D eigenvalue weighted by atomic mass is 10.0. The molecule has 0 N–H and O–H groups in total. The van der Waals surface area contributed by atoms with Crippen molar-refractivity contribution in [3.8, 4) is 22.8 Å². The molecule has 2 aromatic heterocycles. The predicted octanol–water partition coefficient (Wildman–Crippen LogP) is 5.34. The molecule has 0 aliphatic heterocycles. The van der Waals surface area contributed by atoms with Gasteiger partial charge in [0.15, 0.2) is 0 Å². The normalized spacial score (nSPS) is 11.3. The van der Waals surface area contributed by atoms with Gasteiger partial charge < -0.3 is 8.94 Å². The fourth-order valence-corrected chi connectivity index (χ4v) is 3.18. The molecule has 2 aromatic carbocycles. The number of rotatable bonds is 6. The summed E-state index contributed by atoms with van der Waals surface area (Å²) in [4.78, 5) is 4.40. The first kappa shape index (κ1) is 18.4. The maximum absolute atomic E-state index is 13.8. The Hall–Kier alpha value is -3.00. The zero-order valence-corrected chi connectivity index (χ0v) is 16.1. The van der Waals surface area contributed by atoms with E-state index in [1.807, 2.05) is 12.1 Å². The van der Waals surface area contributed by atoms with Crippen LogP contribution >= 0.6 is 11.8 Å². The molecule has 0 unspecified atom stereocenters. The predicted molar refractivity (Wildman–Crippen MR) is 103 cm³/mol. The Morgan fingerprint density at radius 1 is 1.04 bits per heavy atom.